The van der Waals surface area contributed by atoms with Crippen molar-refractivity contribution < 1.29 is 17.9 Å². The summed E-state index contributed by atoms with van der Waals surface area (Å²) in [5.74, 6) is 0.393. The summed E-state index contributed by atoms with van der Waals surface area (Å²) in [6, 6.07) is 17.1. The van der Waals surface area contributed by atoms with E-state index in [0.29, 0.717) is 37.5 Å². The van der Waals surface area contributed by atoms with Crippen LogP contribution in [0, 0.1) is 20.8 Å². The lowest BCUT2D eigenvalue weighted by Crippen LogP contribution is -2.49. The number of nitrogens with zero attached hydrogens (tertiary/aromatic N) is 3. The third-order valence-electron chi connectivity index (χ3n) is 6.38. The van der Waals surface area contributed by atoms with Crippen molar-refractivity contribution in [3.05, 3.63) is 77.1 Å². The van der Waals surface area contributed by atoms with Gasteiger partial charge in [-0.05, 0) is 56.7 Å². The Kier molecular flexibility index (Phi) is 6.93. The number of sulfonamides is 1. The number of Topliss-reactive ketones (excluding diaryl/α,β-unsaturated/α-hetero) is 1. The lowest BCUT2D eigenvalue weighted by molar-refractivity contribution is 0.0901. The summed E-state index contributed by atoms with van der Waals surface area (Å²) in [6.45, 7) is 7.74. The zero-order valence-electron chi connectivity index (χ0n) is 20.1. The summed E-state index contributed by atoms with van der Waals surface area (Å²) in [4.78, 5) is 15.4. The Morgan fingerprint density at radius 2 is 1.62 bits per heavy atom. The number of para-hydroxylation sites is 1. The monoisotopic (exact) mass is 481 g/mol. The van der Waals surface area contributed by atoms with Gasteiger partial charge in [-0.25, -0.2) is 8.42 Å². The Hall–Kier alpha value is -2.94. The maximum atomic E-state index is 13.2. The molecular weight excluding hydrogens is 450 g/mol. The van der Waals surface area contributed by atoms with Crippen molar-refractivity contribution in [1.82, 2.24) is 13.8 Å². The van der Waals surface area contributed by atoms with Crippen LogP contribution in [0.15, 0.2) is 59.5 Å². The van der Waals surface area contributed by atoms with E-state index in [1.54, 1.807) is 12.1 Å². The number of ketones is 1. The number of rotatable bonds is 7. The van der Waals surface area contributed by atoms with Crippen molar-refractivity contribution >= 4 is 15.8 Å². The first kappa shape index (κ1) is 24.2. The van der Waals surface area contributed by atoms with Gasteiger partial charge in [0.25, 0.3) is 0 Å². The van der Waals surface area contributed by atoms with Crippen LogP contribution in [0.4, 0.5) is 0 Å². The molecule has 1 aromatic heterocycles. The molecule has 8 heteroatoms. The Bertz CT molecular complexity index is 1290. The maximum Gasteiger partial charge on any atom is 0.246 e. The van der Waals surface area contributed by atoms with Crippen LogP contribution < -0.4 is 4.74 Å². The highest BCUT2D eigenvalue weighted by molar-refractivity contribution is 7.89. The molecule has 1 saturated heterocycles. The quantitative estimate of drug-likeness (QED) is 0.482. The van der Waals surface area contributed by atoms with Crippen molar-refractivity contribution in [3.8, 4) is 11.4 Å². The van der Waals surface area contributed by atoms with Crippen molar-refractivity contribution in [2.24, 2.45) is 0 Å². The molecule has 0 aliphatic carbocycles. The molecule has 0 bridgehead atoms. The molecule has 3 aromatic rings. The van der Waals surface area contributed by atoms with E-state index in [9.17, 15) is 13.2 Å². The molecule has 0 unspecified atom stereocenters. The van der Waals surface area contributed by atoms with Gasteiger partial charge in [-0.15, -0.1) is 0 Å². The van der Waals surface area contributed by atoms with Crippen molar-refractivity contribution in [2.75, 3.05) is 39.8 Å². The number of methoxy groups -OCH3 is 1. The molecule has 0 N–H and O–H groups in total. The van der Waals surface area contributed by atoms with Crippen LogP contribution in [0.5, 0.6) is 5.75 Å². The minimum atomic E-state index is -3.68. The van der Waals surface area contributed by atoms with Crippen LogP contribution in [-0.4, -0.2) is 67.8 Å². The predicted octanol–water partition coefficient (Wildman–Crippen LogP) is 3.60. The lowest BCUT2D eigenvalue weighted by Gasteiger charge is -2.33. The molecule has 4 rings (SSSR count). The fourth-order valence-corrected chi connectivity index (χ4v) is 6.22. The Morgan fingerprint density at radius 1 is 0.941 bits per heavy atom. The number of carbonyl (C=O) groups excluding carboxylic acids is 1. The second-order valence-electron chi connectivity index (χ2n) is 8.71. The zero-order chi connectivity index (χ0) is 24.5. The summed E-state index contributed by atoms with van der Waals surface area (Å²) in [5, 5.41) is 0. The van der Waals surface area contributed by atoms with Crippen molar-refractivity contribution in [2.45, 2.75) is 25.7 Å². The molecule has 1 fully saturated rings. The first-order chi connectivity index (χ1) is 16.2. The number of benzene rings is 2. The predicted molar refractivity (Wildman–Crippen MR) is 133 cm³/mol. The Morgan fingerprint density at radius 3 is 2.26 bits per heavy atom. The summed E-state index contributed by atoms with van der Waals surface area (Å²) in [5.41, 5.74) is 4.52. The molecule has 180 valence electrons. The van der Waals surface area contributed by atoms with Crippen molar-refractivity contribution in [3.63, 3.8) is 0 Å². The van der Waals surface area contributed by atoms with E-state index < -0.39 is 10.0 Å². The number of hydrogen-bond donors (Lipinski definition) is 0. The van der Waals surface area contributed by atoms with Crippen LogP contribution in [0.2, 0.25) is 0 Å². The van der Waals surface area contributed by atoms with Gasteiger partial charge in [-0.3, -0.25) is 9.69 Å². The second-order valence-corrected chi connectivity index (χ2v) is 10.6. The van der Waals surface area contributed by atoms with Gasteiger partial charge in [0, 0.05) is 48.8 Å². The third kappa shape index (κ3) is 4.66. The van der Waals surface area contributed by atoms with Crippen LogP contribution in [-0.2, 0) is 10.0 Å². The lowest BCUT2D eigenvalue weighted by atomic mass is 10.1. The smallest absolute Gasteiger partial charge is 0.246 e. The highest BCUT2D eigenvalue weighted by Gasteiger charge is 2.31. The molecule has 0 spiro atoms. The molecule has 0 saturated carbocycles. The summed E-state index contributed by atoms with van der Waals surface area (Å²) in [7, 11) is -2.20. The van der Waals surface area contributed by atoms with E-state index in [1.165, 1.54) is 11.4 Å². The highest BCUT2D eigenvalue weighted by Crippen LogP contribution is 2.28. The Labute approximate surface area is 201 Å². The zero-order valence-corrected chi connectivity index (χ0v) is 20.9. The minimum Gasteiger partial charge on any atom is -0.495 e. The minimum absolute atomic E-state index is 0.0481. The van der Waals surface area contributed by atoms with Gasteiger partial charge in [-0.2, -0.15) is 4.31 Å². The first-order valence-corrected chi connectivity index (χ1v) is 12.8. The van der Waals surface area contributed by atoms with E-state index in [0.717, 1.165) is 22.6 Å². The average molecular weight is 482 g/mol. The average Bonchev–Trinajstić information content (AvgIpc) is 3.13. The van der Waals surface area contributed by atoms with E-state index in [1.807, 2.05) is 68.1 Å². The third-order valence-corrected chi connectivity index (χ3v) is 8.30. The molecule has 0 radical (unpaired) electrons. The Balaban J connectivity index is 1.44. The van der Waals surface area contributed by atoms with Crippen LogP contribution in [0.25, 0.3) is 5.69 Å². The number of aromatic nitrogens is 1. The molecule has 1 aliphatic rings. The molecular formula is C26H31N3O4S. The molecule has 2 aromatic carbocycles. The standard InChI is InChI=1S/C26H31N3O4S/c1-19-10-11-25(33-4)26(16-19)34(31,32)28-14-12-27(13-15-28)18-24(30)23-17-20(2)29(21(23)3)22-8-6-5-7-9-22/h5-11,16-17H,12-15,18H2,1-4H3. The fraction of sp³-hybridized carbons (Fsp3) is 0.346. The molecule has 2 heterocycles. The molecule has 0 atom stereocenters. The summed E-state index contributed by atoms with van der Waals surface area (Å²) >= 11 is 0. The maximum absolute atomic E-state index is 13.2. The number of aryl methyl sites for hydroxylation is 2. The number of hydrogen-bond acceptors (Lipinski definition) is 5. The molecule has 34 heavy (non-hydrogen) atoms. The van der Waals surface area contributed by atoms with Gasteiger partial charge in [0.2, 0.25) is 10.0 Å². The SMILES string of the molecule is COc1ccc(C)cc1S(=O)(=O)N1CCN(CC(=O)c2cc(C)n(-c3ccccc3)c2C)CC1. The van der Waals surface area contributed by atoms with Crippen molar-refractivity contribution in [1.29, 1.82) is 0 Å². The van der Waals surface area contributed by atoms with Gasteiger partial charge in [0.15, 0.2) is 5.78 Å². The van der Waals surface area contributed by atoms with E-state index >= 15 is 0 Å². The number of piperazine rings is 1. The first-order valence-electron chi connectivity index (χ1n) is 11.4. The van der Waals surface area contributed by atoms with E-state index in [2.05, 4.69) is 4.57 Å². The van der Waals surface area contributed by atoms with Gasteiger partial charge in [0.1, 0.15) is 10.6 Å². The summed E-state index contributed by atoms with van der Waals surface area (Å²) in [6.07, 6.45) is 0. The van der Waals surface area contributed by atoms with Crippen LogP contribution >= 0.6 is 0 Å². The van der Waals surface area contributed by atoms with Crippen LogP contribution in [0.1, 0.15) is 27.3 Å². The van der Waals surface area contributed by atoms with E-state index in [-0.39, 0.29) is 17.2 Å². The fourth-order valence-electron chi connectivity index (χ4n) is 4.56. The highest BCUT2D eigenvalue weighted by atomic mass is 32.2. The largest absolute Gasteiger partial charge is 0.495 e. The normalized spacial score (nSPS) is 15.4. The molecule has 7 nitrogen and oxygen atoms in total. The van der Waals surface area contributed by atoms with Gasteiger partial charge in [-0.1, -0.05) is 24.3 Å². The van der Waals surface area contributed by atoms with Crippen LogP contribution in [0.3, 0.4) is 0 Å². The molecule has 1 aliphatic heterocycles. The molecule has 0 amide bonds. The van der Waals surface area contributed by atoms with E-state index in [4.69, 9.17) is 4.74 Å². The summed E-state index contributed by atoms with van der Waals surface area (Å²) < 4.78 is 35.4. The van der Waals surface area contributed by atoms with Gasteiger partial charge < -0.3 is 9.30 Å². The topological polar surface area (TPSA) is 71.9 Å². The number of carbonyl (C=O) groups is 1. The number of ether oxygens (including phenoxy) is 1. The second kappa shape index (κ2) is 9.74. The van der Waals surface area contributed by atoms with Gasteiger partial charge in [0.05, 0.1) is 13.7 Å². The van der Waals surface area contributed by atoms with Gasteiger partial charge >= 0.3 is 0 Å².